The summed E-state index contributed by atoms with van der Waals surface area (Å²) in [6, 6.07) is 6.97. The molecule has 0 amide bonds. The van der Waals surface area contributed by atoms with E-state index in [0.717, 1.165) is 16.3 Å². The summed E-state index contributed by atoms with van der Waals surface area (Å²) in [4.78, 5) is 15.1. The zero-order valence-corrected chi connectivity index (χ0v) is 9.62. The van der Waals surface area contributed by atoms with Crippen LogP contribution in [0.5, 0.6) is 0 Å². The summed E-state index contributed by atoms with van der Waals surface area (Å²) in [5.74, 6) is -0.892. The van der Waals surface area contributed by atoms with Crippen LogP contribution in [0, 0.1) is 6.92 Å². The molecule has 0 saturated heterocycles. The fourth-order valence-electron chi connectivity index (χ4n) is 1.47. The Hall–Kier alpha value is -1.68. The van der Waals surface area contributed by atoms with Gasteiger partial charge in [0.05, 0.1) is 10.6 Å². The van der Waals surface area contributed by atoms with E-state index in [0.29, 0.717) is 12.0 Å². The van der Waals surface area contributed by atoms with Crippen LogP contribution in [-0.4, -0.2) is 16.1 Å². The van der Waals surface area contributed by atoms with Crippen LogP contribution < -0.4 is 0 Å². The van der Waals surface area contributed by atoms with Gasteiger partial charge in [-0.25, -0.2) is 9.78 Å². The number of rotatable bonds is 3. The lowest BCUT2D eigenvalue weighted by atomic mass is 10.1. The van der Waals surface area contributed by atoms with E-state index in [1.54, 1.807) is 29.5 Å². The van der Waals surface area contributed by atoms with E-state index < -0.39 is 5.97 Å². The summed E-state index contributed by atoms with van der Waals surface area (Å²) in [5, 5.41) is 11.9. The lowest BCUT2D eigenvalue weighted by Crippen LogP contribution is -1.97. The number of aromatic nitrogens is 1. The Labute approximate surface area is 97.4 Å². The summed E-state index contributed by atoms with van der Waals surface area (Å²) in [7, 11) is 0. The van der Waals surface area contributed by atoms with Gasteiger partial charge < -0.3 is 5.11 Å². The van der Waals surface area contributed by atoms with Gasteiger partial charge >= 0.3 is 5.97 Å². The summed E-state index contributed by atoms with van der Waals surface area (Å²) in [6.45, 7) is 1.95. The minimum Gasteiger partial charge on any atom is -0.478 e. The van der Waals surface area contributed by atoms with Gasteiger partial charge in [-0.15, -0.1) is 11.3 Å². The molecule has 0 radical (unpaired) electrons. The summed E-state index contributed by atoms with van der Waals surface area (Å²) < 4.78 is 0. The number of nitrogens with zero attached hydrogens (tertiary/aromatic N) is 1. The first-order valence-corrected chi connectivity index (χ1v) is 5.76. The molecule has 0 spiro atoms. The third kappa shape index (κ3) is 2.46. The first-order valence-electron chi connectivity index (χ1n) is 4.88. The average molecular weight is 233 g/mol. The highest BCUT2D eigenvalue weighted by molar-refractivity contribution is 7.09. The quantitative estimate of drug-likeness (QED) is 0.886. The molecule has 3 nitrogen and oxygen atoms in total. The number of hydrogen-bond acceptors (Lipinski definition) is 3. The summed E-state index contributed by atoms with van der Waals surface area (Å²) >= 11 is 1.60. The fourth-order valence-corrected chi connectivity index (χ4v) is 2.28. The zero-order valence-electron chi connectivity index (χ0n) is 8.80. The molecule has 1 aromatic heterocycles. The molecule has 1 heterocycles. The highest BCUT2D eigenvalue weighted by atomic mass is 32.1. The molecule has 0 aliphatic carbocycles. The summed E-state index contributed by atoms with van der Waals surface area (Å²) in [6.07, 6.45) is 0.694. The van der Waals surface area contributed by atoms with Gasteiger partial charge in [0.2, 0.25) is 0 Å². The molecule has 16 heavy (non-hydrogen) atoms. The lowest BCUT2D eigenvalue weighted by molar-refractivity contribution is 0.0697. The molecule has 0 aliphatic heterocycles. The molecule has 0 fully saturated rings. The molecule has 2 rings (SSSR count). The Morgan fingerprint density at radius 1 is 1.50 bits per heavy atom. The third-order valence-corrected chi connectivity index (χ3v) is 3.16. The van der Waals surface area contributed by atoms with Crippen molar-refractivity contribution in [3.63, 3.8) is 0 Å². The van der Waals surface area contributed by atoms with Gasteiger partial charge in [-0.2, -0.15) is 0 Å². The number of thiazole rings is 1. The second-order valence-corrected chi connectivity index (χ2v) is 4.51. The van der Waals surface area contributed by atoms with Crippen LogP contribution in [0.2, 0.25) is 0 Å². The molecular formula is C12H11NO2S. The normalized spacial score (nSPS) is 10.3. The van der Waals surface area contributed by atoms with Crippen molar-refractivity contribution < 1.29 is 9.90 Å². The van der Waals surface area contributed by atoms with E-state index in [2.05, 4.69) is 4.98 Å². The number of aromatic carboxylic acids is 1. The van der Waals surface area contributed by atoms with Gasteiger partial charge in [-0.05, 0) is 24.6 Å². The van der Waals surface area contributed by atoms with Crippen molar-refractivity contribution in [2.75, 3.05) is 0 Å². The Balaban J connectivity index is 2.21. The Morgan fingerprint density at radius 3 is 2.94 bits per heavy atom. The van der Waals surface area contributed by atoms with Crippen LogP contribution in [-0.2, 0) is 6.42 Å². The highest BCUT2D eigenvalue weighted by Gasteiger charge is 2.05. The maximum Gasteiger partial charge on any atom is 0.335 e. The largest absolute Gasteiger partial charge is 0.478 e. The topological polar surface area (TPSA) is 50.2 Å². The molecule has 82 valence electrons. The predicted octanol–water partition coefficient (Wildman–Crippen LogP) is 2.74. The zero-order chi connectivity index (χ0) is 11.5. The lowest BCUT2D eigenvalue weighted by Gasteiger charge is -1.99. The maximum absolute atomic E-state index is 10.8. The Kier molecular flexibility index (Phi) is 3.01. The first-order chi connectivity index (χ1) is 7.65. The van der Waals surface area contributed by atoms with Crippen LogP contribution >= 0.6 is 11.3 Å². The molecule has 0 atom stereocenters. The van der Waals surface area contributed by atoms with Crippen molar-refractivity contribution in [3.05, 3.63) is 51.5 Å². The van der Waals surface area contributed by atoms with Crippen molar-refractivity contribution in [3.8, 4) is 0 Å². The van der Waals surface area contributed by atoms with Gasteiger partial charge in [0, 0.05) is 17.5 Å². The van der Waals surface area contributed by atoms with E-state index in [4.69, 9.17) is 5.11 Å². The highest BCUT2D eigenvalue weighted by Crippen LogP contribution is 2.15. The van der Waals surface area contributed by atoms with Crippen molar-refractivity contribution in [2.45, 2.75) is 13.3 Å². The maximum atomic E-state index is 10.8. The molecular weight excluding hydrogens is 222 g/mol. The average Bonchev–Trinajstić information content (AvgIpc) is 2.64. The van der Waals surface area contributed by atoms with Crippen LogP contribution in [0.4, 0.5) is 0 Å². The van der Waals surface area contributed by atoms with Crippen molar-refractivity contribution in [2.24, 2.45) is 0 Å². The van der Waals surface area contributed by atoms with Crippen LogP contribution in [0.3, 0.4) is 0 Å². The molecule has 1 aromatic carbocycles. The predicted molar refractivity (Wildman–Crippen MR) is 63.1 cm³/mol. The fraction of sp³-hybridized carbons (Fsp3) is 0.167. The van der Waals surface area contributed by atoms with E-state index in [-0.39, 0.29) is 0 Å². The second-order valence-electron chi connectivity index (χ2n) is 3.56. The number of carboxylic acid groups (broad SMARTS) is 1. The first kappa shape index (κ1) is 10.8. The number of hydrogen-bond donors (Lipinski definition) is 1. The number of carbonyl (C=O) groups is 1. The number of aryl methyl sites for hydroxylation is 1. The Morgan fingerprint density at radius 2 is 2.31 bits per heavy atom. The molecule has 1 N–H and O–H groups in total. The molecule has 0 bridgehead atoms. The van der Waals surface area contributed by atoms with Crippen LogP contribution in [0.1, 0.15) is 26.6 Å². The molecule has 2 aromatic rings. The smallest absolute Gasteiger partial charge is 0.335 e. The van der Waals surface area contributed by atoms with E-state index in [1.807, 2.05) is 18.4 Å². The summed E-state index contributed by atoms with van der Waals surface area (Å²) in [5.41, 5.74) is 2.31. The van der Waals surface area contributed by atoms with E-state index >= 15 is 0 Å². The van der Waals surface area contributed by atoms with Gasteiger partial charge in [0.15, 0.2) is 0 Å². The molecule has 4 heteroatoms. The van der Waals surface area contributed by atoms with Crippen molar-refractivity contribution >= 4 is 17.3 Å². The van der Waals surface area contributed by atoms with Crippen molar-refractivity contribution in [1.29, 1.82) is 0 Å². The Bertz CT molecular complexity index is 519. The molecule has 0 unspecified atom stereocenters. The molecule has 0 saturated carbocycles. The van der Waals surface area contributed by atoms with Crippen molar-refractivity contribution in [1.82, 2.24) is 4.98 Å². The van der Waals surface area contributed by atoms with Crippen LogP contribution in [0.25, 0.3) is 0 Å². The second kappa shape index (κ2) is 4.45. The standard InChI is InChI=1S/C12H11NO2S/c1-8-7-16-11(13-8)6-9-3-2-4-10(5-9)12(14)15/h2-5,7H,6H2,1H3,(H,14,15). The van der Waals surface area contributed by atoms with Crippen LogP contribution in [0.15, 0.2) is 29.6 Å². The minimum atomic E-state index is -0.892. The number of carboxylic acids is 1. The van der Waals surface area contributed by atoms with E-state index in [9.17, 15) is 4.79 Å². The SMILES string of the molecule is Cc1csc(Cc2cccc(C(=O)O)c2)n1. The third-order valence-electron chi connectivity index (χ3n) is 2.20. The van der Waals surface area contributed by atoms with E-state index in [1.165, 1.54) is 0 Å². The number of benzene rings is 1. The minimum absolute atomic E-state index is 0.325. The monoisotopic (exact) mass is 233 g/mol. The molecule has 0 aliphatic rings. The van der Waals surface area contributed by atoms with Gasteiger partial charge in [-0.3, -0.25) is 0 Å². The van der Waals surface area contributed by atoms with Gasteiger partial charge in [0.1, 0.15) is 0 Å². The van der Waals surface area contributed by atoms with Gasteiger partial charge in [-0.1, -0.05) is 12.1 Å². The van der Waals surface area contributed by atoms with Gasteiger partial charge in [0.25, 0.3) is 0 Å².